The molecule has 0 aliphatic carbocycles. The number of carbonyl (C=O) groups is 2. The first kappa shape index (κ1) is 19.6. The standard InChI is InChI=1S/C21H27N3O2S/c25-20(22-10-9-18-6-2-1-3-7-18)17-23-11-5-12-24(14-13-23)21(26)16-19-8-4-15-27-19/h1-4,6-8,15H,5,9-14,16-17H2,(H,22,25). The second-order valence-electron chi connectivity index (χ2n) is 6.85. The van der Waals surface area contributed by atoms with Crippen LogP contribution in [0.1, 0.15) is 16.9 Å². The van der Waals surface area contributed by atoms with Crippen LogP contribution in [0.4, 0.5) is 0 Å². The van der Waals surface area contributed by atoms with Gasteiger partial charge in [-0.05, 0) is 29.9 Å². The fourth-order valence-electron chi connectivity index (χ4n) is 3.30. The SMILES string of the molecule is O=C(CN1CCCN(C(=O)Cc2cccs2)CC1)NCCc1ccccc1. The minimum absolute atomic E-state index is 0.0595. The van der Waals surface area contributed by atoms with Crippen molar-refractivity contribution in [3.63, 3.8) is 0 Å². The van der Waals surface area contributed by atoms with Crippen LogP contribution in [0.5, 0.6) is 0 Å². The molecule has 1 N–H and O–H groups in total. The van der Waals surface area contributed by atoms with E-state index in [2.05, 4.69) is 22.3 Å². The van der Waals surface area contributed by atoms with Gasteiger partial charge in [-0.1, -0.05) is 36.4 Å². The highest BCUT2D eigenvalue weighted by atomic mass is 32.1. The van der Waals surface area contributed by atoms with Gasteiger partial charge in [-0.3, -0.25) is 14.5 Å². The van der Waals surface area contributed by atoms with Crippen LogP contribution in [0.25, 0.3) is 0 Å². The number of nitrogens with one attached hydrogen (secondary N) is 1. The molecule has 2 heterocycles. The van der Waals surface area contributed by atoms with Gasteiger partial charge in [-0.2, -0.15) is 0 Å². The van der Waals surface area contributed by atoms with Gasteiger partial charge >= 0.3 is 0 Å². The van der Waals surface area contributed by atoms with Crippen molar-refractivity contribution in [1.29, 1.82) is 0 Å². The van der Waals surface area contributed by atoms with Crippen molar-refractivity contribution in [3.8, 4) is 0 Å². The lowest BCUT2D eigenvalue weighted by Gasteiger charge is -2.21. The van der Waals surface area contributed by atoms with Crippen LogP contribution in [0, 0.1) is 0 Å². The summed E-state index contributed by atoms with van der Waals surface area (Å²) >= 11 is 1.62. The van der Waals surface area contributed by atoms with Crippen molar-refractivity contribution in [2.24, 2.45) is 0 Å². The quantitative estimate of drug-likeness (QED) is 0.795. The molecule has 144 valence electrons. The Morgan fingerprint density at radius 1 is 1.00 bits per heavy atom. The Labute approximate surface area is 165 Å². The van der Waals surface area contributed by atoms with E-state index in [0.717, 1.165) is 37.4 Å². The van der Waals surface area contributed by atoms with Gasteiger partial charge in [0.15, 0.2) is 0 Å². The summed E-state index contributed by atoms with van der Waals surface area (Å²) in [6.45, 7) is 4.14. The zero-order chi connectivity index (χ0) is 18.9. The third kappa shape index (κ3) is 6.48. The van der Waals surface area contributed by atoms with Crippen molar-refractivity contribution in [2.75, 3.05) is 39.3 Å². The molecule has 1 aromatic carbocycles. The van der Waals surface area contributed by atoms with Crippen LogP contribution in [-0.2, 0) is 22.4 Å². The highest BCUT2D eigenvalue weighted by Crippen LogP contribution is 2.12. The Hall–Kier alpha value is -2.18. The average molecular weight is 386 g/mol. The molecule has 1 saturated heterocycles. The van der Waals surface area contributed by atoms with Gasteiger partial charge in [0.2, 0.25) is 11.8 Å². The Kier molecular flexibility index (Phi) is 7.42. The monoisotopic (exact) mass is 385 g/mol. The molecule has 0 unspecified atom stereocenters. The number of amides is 2. The third-order valence-corrected chi connectivity index (χ3v) is 5.67. The number of hydrogen-bond acceptors (Lipinski definition) is 4. The number of thiophene rings is 1. The van der Waals surface area contributed by atoms with Crippen molar-refractivity contribution in [1.82, 2.24) is 15.1 Å². The summed E-state index contributed by atoms with van der Waals surface area (Å²) < 4.78 is 0. The van der Waals surface area contributed by atoms with E-state index in [1.807, 2.05) is 40.6 Å². The van der Waals surface area contributed by atoms with Gasteiger partial charge in [-0.25, -0.2) is 0 Å². The molecule has 0 radical (unpaired) electrons. The van der Waals surface area contributed by atoms with E-state index in [9.17, 15) is 9.59 Å². The first-order chi connectivity index (χ1) is 13.2. The maximum absolute atomic E-state index is 12.5. The second kappa shape index (κ2) is 10.2. The van der Waals surface area contributed by atoms with Crippen LogP contribution in [0.15, 0.2) is 47.8 Å². The summed E-state index contributed by atoms with van der Waals surface area (Å²) in [4.78, 5) is 29.9. The fraction of sp³-hybridized carbons (Fsp3) is 0.429. The summed E-state index contributed by atoms with van der Waals surface area (Å²) in [5.41, 5.74) is 1.23. The molecular formula is C21H27N3O2S. The largest absolute Gasteiger partial charge is 0.355 e. The van der Waals surface area contributed by atoms with Crippen LogP contribution in [0.2, 0.25) is 0 Å². The van der Waals surface area contributed by atoms with Gasteiger partial charge in [0.05, 0.1) is 13.0 Å². The van der Waals surface area contributed by atoms with Crippen molar-refractivity contribution in [2.45, 2.75) is 19.3 Å². The molecule has 1 fully saturated rings. The van der Waals surface area contributed by atoms with Gasteiger partial charge < -0.3 is 10.2 Å². The summed E-state index contributed by atoms with van der Waals surface area (Å²) in [6.07, 6.45) is 2.24. The molecule has 0 bridgehead atoms. The molecule has 0 atom stereocenters. The molecule has 5 nitrogen and oxygen atoms in total. The normalized spacial score (nSPS) is 15.3. The van der Waals surface area contributed by atoms with Crippen LogP contribution < -0.4 is 5.32 Å². The van der Waals surface area contributed by atoms with E-state index in [0.29, 0.717) is 26.1 Å². The Morgan fingerprint density at radius 3 is 2.63 bits per heavy atom. The highest BCUT2D eigenvalue weighted by Gasteiger charge is 2.20. The van der Waals surface area contributed by atoms with Crippen LogP contribution in [0.3, 0.4) is 0 Å². The molecule has 1 aliphatic rings. The van der Waals surface area contributed by atoms with Gasteiger partial charge in [-0.15, -0.1) is 11.3 Å². The number of rotatable bonds is 7. The van der Waals surface area contributed by atoms with E-state index in [1.165, 1.54) is 5.56 Å². The van der Waals surface area contributed by atoms with E-state index in [1.54, 1.807) is 11.3 Å². The van der Waals surface area contributed by atoms with Crippen LogP contribution in [-0.4, -0.2) is 60.9 Å². The highest BCUT2D eigenvalue weighted by molar-refractivity contribution is 7.10. The Balaban J connectivity index is 1.37. The predicted octanol–water partition coefficient (Wildman–Crippen LogP) is 2.18. The lowest BCUT2D eigenvalue weighted by molar-refractivity contribution is -0.130. The van der Waals surface area contributed by atoms with E-state index in [4.69, 9.17) is 0 Å². The summed E-state index contributed by atoms with van der Waals surface area (Å²) in [5.74, 6) is 0.246. The first-order valence-corrected chi connectivity index (χ1v) is 10.4. The minimum atomic E-state index is 0.0595. The fourth-order valence-corrected chi connectivity index (χ4v) is 4.00. The van der Waals surface area contributed by atoms with Crippen molar-refractivity contribution >= 4 is 23.2 Å². The third-order valence-electron chi connectivity index (χ3n) is 4.79. The van der Waals surface area contributed by atoms with Gasteiger partial charge in [0, 0.05) is 37.6 Å². The van der Waals surface area contributed by atoms with E-state index < -0.39 is 0 Å². The summed E-state index contributed by atoms with van der Waals surface area (Å²) in [5, 5.41) is 5.01. The topological polar surface area (TPSA) is 52.7 Å². The van der Waals surface area contributed by atoms with Crippen molar-refractivity contribution in [3.05, 3.63) is 58.3 Å². The zero-order valence-electron chi connectivity index (χ0n) is 15.6. The van der Waals surface area contributed by atoms with E-state index in [-0.39, 0.29) is 11.8 Å². The number of benzene rings is 1. The minimum Gasteiger partial charge on any atom is -0.355 e. The number of hydrogen-bond donors (Lipinski definition) is 1. The molecule has 0 saturated carbocycles. The molecule has 6 heteroatoms. The summed E-state index contributed by atoms with van der Waals surface area (Å²) in [7, 11) is 0. The molecule has 0 spiro atoms. The lowest BCUT2D eigenvalue weighted by Crippen LogP contribution is -2.40. The number of carbonyl (C=O) groups excluding carboxylic acids is 2. The predicted molar refractivity (Wildman–Crippen MR) is 109 cm³/mol. The van der Waals surface area contributed by atoms with E-state index >= 15 is 0 Å². The molecule has 1 aromatic heterocycles. The Morgan fingerprint density at radius 2 is 1.85 bits per heavy atom. The second-order valence-corrected chi connectivity index (χ2v) is 7.88. The molecule has 3 rings (SSSR count). The van der Waals surface area contributed by atoms with Crippen molar-refractivity contribution < 1.29 is 9.59 Å². The zero-order valence-corrected chi connectivity index (χ0v) is 16.4. The van der Waals surface area contributed by atoms with Crippen LogP contribution >= 0.6 is 11.3 Å². The van der Waals surface area contributed by atoms with Gasteiger partial charge in [0.25, 0.3) is 0 Å². The number of nitrogens with zero attached hydrogens (tertiary/aromatic N) is 2. The van der Waals surface area contributed by atoms with Gasteiger partial charge in [0.1, 0.15) is 0 Å². The molecule has 27 heavy (non-hydrogen) atoms. The maximum atomic E-state index is 12.5. The Bertz CT molecular complexity index is 718. The maximum Gasteiger partial charge on any atom is 0.234 e. The lowest BCUT2D eigenvalue weighted by atomic mass is 10.1. The molecule has 2 amide bonds. The smallest absolute Gasteiger partial charge is 0.234 e. The molecular weight excluding hydrogens is 358 g/mol. The molecule has 1 aliphatic heterocycles. The molecule has 2 aromatic rings. The summed E-state index contributed by atoms with van der Waals surface area (Å²) in [6, 6.07) is 14.2. The first-order valence-electron chi connectivity index (χ1n) is 9.54. The average Bonchev–Trinajstić information content (AvgIpc) is 3.07.